The van der Waals surface area contributed by atoms with Gasteiger partial charge < -0.3 is 10.1 Å². The summed E-state index contributed by atoms with van der Waals surface area (Å²) in [5.41, 5.74) is 2.43. The molecule has 28 heavy (non-hydrogen) atoms. The van der Waals surface area contributed by atoms with Gasteiger partial charge in [-0.05, 0) is 48.2 Å². The largest absolute Gasteiger partial charge is 0.380 e. The van der Waals surface area contributed by atoms with Gasteiger partial charge in [0.25, 0.3) is 5.91 Å². The van der Waals surface area contributed by atoms with Crippen molar-refractivity contribution in [3.63, 3.8) is 0 Å². The third-order valence-corrected chi connectivity index (χ3v) is 6.77. The quantitative estimate of drug-likeness (QED) is 0.773. The van der Waals surface area contributed by atoms with Crippen molar-refractivity contribution in [1.29, 1.82) is 0 Å². The van der Waals surface area contributed by atoms with Gasteiger partial charge in [-0.3, -0.25) is 4.79 Å². The highest BCUT2D eigenvalue weighted by molar-refractivity contribution is 7.89. The lowest BCUT2D eigenvalue weighted by atomic mass is 10.1. The van der Waals surface area contributed by atoms with Crippen molar-refractivity contribution >= 4 is 15.9 Å². The Morgan fingerprint density at radius 2 is 1.57 bits per heavy atom. The van der Waals surface area contributed by atoms with Crippen LogP contribution in [0.2, 0.25) is 0 Å². The number of hydrogen-bond donors (Lipinski definition) is 1. The number of ether oxygens (including phenoxy) is 1. The molecule has 1 heterocycles. The number of nitrogens with zero attached hydrogens (tertiary/aromatic N) is 1. The highest BCUT2D eigenvalue weighted by Crippen LogP contribution is 2.20. The van der Waals surface area contributed by atoms with Crippen LogP contribution < -0.4 is 5.32 Å². The van der Waals surface area contributed by atoms with Crippen molar-refractivity contribution in [2.24, 2.45) is 0 Å². The Balaban J connectivity index is 1.58. The molecule has 2 aromatic carbocycles. The highest BCUT2D eigenvalue weighted by Gasteiger charge is 2.25. The first kappa shape index (κ1) is 20.5. The second-order valence-electron chi connectivity index (χ2n) is 6.92. The number of nitrogens with one attached hydrogen (secondary N) is 1. The van der Waals surface area contributed by atoms with Gasteiger partial charge in [0.05, 0.1) is 11.5 Å². The first-order chi connectivity index (χ1) is 13.5. The van der Waals surface area contributed by atoms with Gasteiger partial charge in [0.2, 0.25) is 10.0 Å². The number of piperidine rings is 1. The molecular weight excluding hydrogens is 376 g/mol. The van der Waals surface area contributed by atoms with E-state index in [1.165, 1.54) is 0 Å². The average molecular weight is 403 g/mol. The number of rotatable bonds is 7. The fourth-order valence-corrected chi connectivity index (χ4v) is 4.75. The Kier molecular flexibility index (Phi) is 6.83. The molecular formula is C21H26N2O4S. The maximum atomic E-state index is 12.7. The summed E-state index contributed by atoms with van der Waals surface area (Å²) in [7, 11) is -1.80. The second-order valence-corrected chi connectivity index (χ2v) is 8.86. The summed E-state index contributed by atoms with van der Waals surface area (Å²) in [5.74, 6) is -0.172. The molecule has 0 saturated carbocycles. The Labute approximate surface area is 166 Å². The van der Waals surface area contributed by atoms with Gasteiger partial charge in [-0.25, -0.2) is 8.42 Å². The molecule has 0 radical (unpaired) electrons. The molecule has 2 aromatic rings. The normalized spacial score (nSPS) is 15.3. The molecule has 0 aliphatic carbocycles. The molecule has 7 heteroatoms. The van der Waals surface area contributed by atoms with Crippen LogP contribution >= 0.6 is 0 Å². The average Bonchev–Trinajstić information content (AvgIpc) is 2.74. The monoisotopic (exact) mass is 402 g/mol. The summed E-state index contributed by atoms with van der Waals surface area (Å²) in [6.07, 6.45) is 2.91. The standard InChI is InChI=1S/C21H26N2O4S/c1-27-16-18-5-9-19(10-6-18)21(24)22-15-17-7-11-20(12-8-17)28(25,26)23-13-3-2-4-14-23/h5-12H,2-4,13-16H2,1H3,(H,22,24). The lowest BCUT2D eigenvalue weighted by Gasteiger charge is -2.25. The first-order valence-electron chi connectivity index (χ1n) is 9.46. The molecule has 150 valence electrons. The maximum Gasteiger partial charge on any atom is 0.251 e. The third kappa shape index (κ3) is 4.98. The summed E-state index contributed by atoms with van der Waals surface area (Å²) < 4.78 is 32.0. The Morgan fingerprint density at radius 3 is 2.18 bits per heavy atom. The first-order valence-corrected chi connectivity index (χ1v) is 10.9. The fraction of sp³-hybridized carbons (Fsp3) is 0.381. The Hall–Kier alpha value is -2.22. The van der Waals surface area contributed by atoms with Gasteiger partial charge in [-0.2, -0.15) is 4.31 Å². The van der Waals surface area contributed by atoms with Crippen LogP contribution in [0.3, 0.4) is 0 Å². The van der Waals surface area contributed by atoms with E-state index in [0.717, 1.165) is 30.4 Å². The van der Waals surface area contributed by atoms with Crippen molar-refractivity contribution in [2.45, 2.75) is 37.3 Å². The number of methoxy groups -OCH3 is 1. The van der Waals surface area contributed by atoms with E-state index in [9.17, 15) is 13.2 Å². The van der Waals surface area contributed by atoms with E-state index in [1.807, 2.05) is 12.1 Å². The van der Waals surface area contributed by atoms with Crippen LogP contribution in [-0.4, -0.2) is 38.8 Å². The van der Waals surface area contributed by atoms with Crippen molar-refractivity contribution in [2.75, 3.05) is 20.2 Å². The molecule has 1 saturated heterocycles. The van der Waals surface area contributed by atoms with Gasteiger partial charge in [0, 0.05) is 32.3 Å². The van der Waals surface area contributed by atoms with E-state index in [4.69, 9.17) is 4.74 Å². The Morgan fingerprint density at radius 1 is 0.964 bits per heavy atom. The van der Waals surface area contributed by atoms with E-state index < -0.39 is 10.0 Å². The topological polar surface area (TPSA) is 75.7 Å². The van der Waals surface area contributed by atoms with Crippen LogP contribution in [0.4, 0.5) is 0 Å². The molecule has 0 unspecified atom stereocenters. The van der Waals surface area contributed by atoms with Crippen molar-refractivity contribution < 1.29 is 17.9 Å². The number of sulfonamides is 1. The third-order valence-electron chi connectivity index (χ3n) is 4.86. The van der Waals surface area contributed by atoms with Crippen molar-refractivity contribution in [1.82, 2.24) is 9.62 Å². The number of benzene rings is 2. The van der Waals surface area contributed by atoms with Crippen molar-refractivity contribution in [3.8, 4) is 0 Å². The lowest BCUT2D eigenvalue weighted by Crippen LogP contribution is -2.35. The molecule has 1 aliphatic heterocycles. The molecule has 0 aromatic heterocycles. The number of carbonyl (C=O) groups excluding carboxylic acids is 1. The molecule has 0 atom stereocenters. The summed E-state index contributed by atoms with van der Waals surface area (Å²) in [4.78, 5) is 12.6. The molecule has 0 spiro atoms. The Bertz CT molecular complexity index is 887. The maximum absolute atomic E-state index is 12.7. The van der Waals surface area contributed by atoms with Crippen LogP contribution in [-0.2, 0) is 27.9 Å². The van der Waals surface area contributed by atoms with Crippen molar-refractivity contribution in [3.05, 3.63) is 65.2 Å². The summed E-state index contributed by atoms with van der Waals surface area (Å²) in [6, 6.07) is 14.0. The molecule has 1 amide bonds. The van der Waals surface area contributed by atoms with Crippen LogP contribution in [0.15, 0.2) is 53.4 Å². The van der Waals surface area contributed by atoms with Gasteiger partial charge in [-0.15, -0.1) is 0 Å². The molecule has 1 aliphatic rings. The minimum absolute atomic E-state index is 0.172. The van der Waals surface area contributed by atoms with Gasteiger partial charge >= 0.3 is 0 Å². The zero-order chi connectivity index (χ0) is 20.0. The number of carbonyl (C=O) groups is 1. The molecule has 1 N–H and O–H groups in total. The minimum atomic E-state index is -3.43. The number of amides is 1. The molecule has 6 nitrogen and oxygen atoms in total. The SMILES string of the molecule is COCc1ccc(C(=O)NCc2ccc(S(=O)(=O)N3CCCCC3)cc2)cc1. The summed E-state index contributed by atoms with van der Waals surface area (Å²) in [6.45, 7) is 2.02. The zero-order valence-corrected chi connectivity index (χ0v) is 16.9. The van der Waals surface area contributed by atoms with Crippen LogP contribution in [0, 0.1) is 0 Å². The highest BCUT2D eigenvalue weighted by atomic mass is 32.2. The summed E-state index contributed by atoms with van der Waals surface area (Å²) in [5, 5.41) is 2.86. The van der Waals surface area contributed by atoms with E-state index in [1.54, 1.807) is 47.8 Å². The number of hydrogen-bond acceptors (Lipinski definition) is 4. The molecule has 3 rings (SSSR count). The fourth-order valence-electron chi connectivity index (χ4n) is 3.24. The van der Waals surface area contributed by atoms with Gasteiger partial charge in [0.1, 0.15) is 0 Å². The lowest BCUT2D eigenvalue weighted by molar-refractivity contribution is 0.0950. The van der Waals surface area contributed by atoms with Gasteiger partial charge in [0.15, 0.2) is 0 Å². The van der Waals surface area contributed by atoms with E-state index in [-0.39, 0.29) is 5.91 Å². The van der Waals surface area contributed by atoms with E-state index in [0.29, 0.717) is 36.7 Å². The van der Waals surface area contributed by atoms with E-state index >= 15 is 0 Å². The van der Waals surface area contributed by atoms with E-state index in [2.05, 4.69) is 5.32 Å². The van der Waals surface area contributed by atoms with Crippen LogP contribution in [0.25, 0.3) is 0 Å². The summed E-state index contributed by atoms with van der Waals surface area (Å²) >= 11 is 0. The zero-order valence-electron chi connectivity index (χ0n) is 16.1. The second kappa shape index (κ2) is 9.32. The van der Waals surface area contributed by atoms with Gasteiger partial charge in [-0.1, -0.05) is 30.7 Å². The minimum Gasteiger partial charge on any atom is -0.380 e. The van der Waals surface area contributed by atoms with Crippen LogP contribution in [0.5, 0.6) is 0 Å². The smallest absolute Gasteiger partial charge is 0.251 e. The predicted octanol–water partition coefficient (Wildman–Crippen LogP) is 2.94. The molecule has 1 fully saturated rings. The molecule has 0 bridgehead atoms. The predicted molar refractivity (Wildman–Crippen MR) is 107 cm³/mol. The van der Waals surface area contributed by atoms with Crippen LogP contribution in [0.1, 0.15) is 40.7 Å².